The second-order valence-electron chi connectivity index (χ2n) is 5.38. The Balaban J connectivity index is 0.00000484. The first-order chi connectivity index (χ1) is 10.5. The molecule has 5 nitrogen and oxygen atoms in total. The molecule has 0 radical (unpaired) electrons. The number of guanidine groups is 1. The molecule has 0 fully saturated rings. The molecule has 0 saturated heterocycles. The quantitative estimate of drug-likeness (QED) is 0.275. The highest BCUT2D eigenvalue weighted by Gasteiger charge is 2.11. The average molecular weight is 453 g/mol. The second-order valence-corrected chi connectivity index (χ2v) is 7.57. The Morgan fingerprint density at radius 3 is 2.48 bits per heavy atom. The SMILES string of the molecule is CCC(C)NC(=NC)NCCCS(=O)(=O)Cc1ccccc1.I. The van der Waals surface area contributed by atoms with Gasteiger partial charge in [0.15, 0.2) is 15.8 Å². The van der Waals surface area contributed by atoms with E-state index in [1.807, 2.05) is 30.3 Å². The predicted octanol–water partition coefficient (Wildman–Crippen LogP) is 2.57. The molecule has 1 aromatic rings. The van der Waals surface area contributed by atoms with Crippen LogP contribution in [-0.4, -0.2) is 39.8 Å². The molecule has 0 aliphatic rings. The number of hydrogen-bond acceptors (Lipinski definition) is 3. The van der Waals surface area contributed by atoms with Gasteiger partial charge in [0.05, 0.1) is 11.5 Å². The molecular formula is C16H28IN3O2S. The molecular weight excluding hydrogens is 425 g/mol. The number of nitrogens with one attached hydrogen (secondary N) is 2. The van der Waals surface area contributed by atoms with Crippen LogP contribution in [0.2, 0.25) is 0 Å². The first-order valence-electron chi connectivity index (χ1n) is 7.68. The highest BCUT2D eigenvalue weighted by molar-refractivity contribution is 14.0. The van der Waals surface area contributed by atoms with E-state index in [0.29, 0.717) is 19.0 Å². The van der Waals surface area contributed by atoms with Crippen LogP contribution in [0.15, 0.2) is 35.3 Å². The number of nitrogens with zero attached hydrogens (tertiary/aromatic N) is 1. The Morgan fingerprint density at radius 1 is 1.26 bits per heavy atom. The minimum absolute atomic E-state index is 0. The average Bonchev–Trinajstić information content (AvgIpc) is 2.50. The first kappa shape index (κ1) is 22.2. The molecule has 0 aliphatic heterocycles. The Morgan fingerprint density at radius 2 is 1.91 bits per heavy atom. The van der Waals surface area contributed by atoms with E-state index < -0.39 is 9.84 Å². The van der Waals surface area contributed by atoms with E-state index in [0.717, 1.165) is 17.9 Å². The lowest BCUT2D eigenvalue weighted by molar-refractivity contribution is 0.590. The van der Waals surface area contributed by atoms with Gasteiger partial charge in [0.2, 0.25) is 0 Å². The summed E-state index contributed by atoms with van der Waals surface area (Å²) in [6.45, 7) is 4.77. The van der Waals surface area contributed by atoms with Gasteiger partial charge in [-0.15, -0.1) is 24.0 Å². The fourth-order valence-electron chi connectivity index (χ4n) is 1.93. The number of sulfone groups is 1. The Labute approximate surface area is 157 Å². The van der Waals surface area contributed by atoms with Gasteiger partial charge in [-0.25, -0.2) is 8.42 Å². The molecule has 0 saturated carbocycles. The number of rotatable bonds is 8. The summed E-state index contributed by atoms with van der Waals surface area (Å²) in [4.78, 5) is 4.12. The summed E-state index contributed by atoms with van der Waals surface area (Å²) >= 11 is 0. The van der Waals surface area contributed by atoms with Crippen molar-refractivity contribution in [1.29, 1.82) is 0 Å². The zero-order chi connectivity index (χ0) is 16.4. The van der Waals surface area contributed by atoms with Crippen LogP contribution in [0, 0.1) is 0 Å². The molecule has 1 unspecified atom stereocenters. The van der Waals surface area contributed by atoms with Gasteiger partial charge in [0.25, 0.3) is 0 Å². The molecule has 1 atom stereocenters. The molecule has 1 aromatic carbocycles. The fraction of sp³-hybridized carbons (Fsp3) is 0.562. The van der Waals surface area contributed by atoms with Gasteiger partial charge in [-0.2, -0.15) is 0 Å². The largest absolute Gasteiger partial charge is 0.356 e. The van der Waals surface area contributed by atoms with Crippen LogP contribution in [-0.2, 0) is 15.6 Å². The molecule has 0 amide bonds. The van der Waals surface area contributed by atoms with Crippen molar-refractivity contribution in [3.05, 3.63) is 35.9 Å². The predicted molar refractivity (Wildman–Crippen MR) is 108 cm³/mol. The van der Waals surface area contributed by atoms with Gasteiger partial charge >= 0.3 is 0 Å². The van der Waals surface area contributed by atoms with Gasteiger partial charge in [0, 0.05) is 19.6 Å². The van der Waals surface area contributed by atoms with Gasteiger partial charge in [-0.1, -0.05) is 37.3 Å². The monoisotopic (exact) mass is 453 g/mol. The topological polar surface area (TPSA) is 70.6 Å². The molecule has 7 heteroatoms. The lowest BCUT2D eigenvalue weighted by Crippen LogP contribution is -2.42. The van der Waals surface area contributed by atoms with Crippen LogP contribution in [0.1, 0.15) is 32.3 Å². The van der Waals surface area contributed by atoms with Crippen LogP contribution in [0.25, 0.3) is 0 Å². The molecule has 0 heterocycles. The molecule has 23 heavy (non-hydrogen) atoms. The minimum atomic E-state index is -3.07. The lowest BCUT2D eigenvalue weighted by atomic mass is 10.2. The maximum atomic E-state index is 12.1. The van der Waals surface area contributed by atoms with Crippen LogP contribution >= 0.6 is 24.0 Å². The fourth-order valence-corrected chi connectivity index (χ4v) is 3.36. The minimum Gasteiger partial charge on any atom is -0.356 e. The van der Waals surface area contributed by atoms with Crippen LogP contribution in [0.5, 0.6) is 0 Å². The number of benzene rings is 1. The molecule has 132 valence electrons. The van der Waals surface area contributed by atoms with Crippen molar-refractivity contribution in [1.82, 2.24) is 10.6 Å². The van der Waals surface area contributed by atoms with E-state index in [-0.39, 0.29) is 35.5 Å². The van der Waals surface area contributed by atoms with E-state index in [2.05, 4.69) is 29.5 Å². The molecule has 0 spiro atoms. The summed E-state index contributed by atoms with van der Waals surface area (Å²) in [6, 6.07) is 9.62. The van der Waals surface area contributed by atoms with Crippen molar-refractivity contribution < 1.29 is 8.42 Å². The summed E-state index contributed by atoms with van der Waals surface area (Å²) in [6.07, 6.45) is 1.57. The maximum absolute atomic E-state index is 12.1. The Bertz CT molecular complexity index is 562. The summed E-state index contributed by atoms with van der Waals surface area (Å²) < 4.78 is 24.1. The van der Waals surface area contributed by atoms with E-state index in [1.165, 1.54) is 0 Å². The number of aliphatic imine (C=N–C) groups is 1. The van der Waals surface area contributed by atoms with Gasteiger partial charge in [0.1, 0.15) is 0 Å². The highest BCUT2D eigenvalue weighted by atomic mass is 127. The first-order valence-corrected chi connectivity index (χ1v) is 9.50. The molecule has 2 N–H and O–H groups in total. The van der Waals surface area contributed by atoms with E-state index in [1.54, 1.807) is 7.05 Å². The summed E-state index contributed by atoms with van der Waals surface area (Å²) in [5, 5.41) is 6.39. The molecule has 0 aliphatic carbocycles. The standard InChI is InChI=1S/C16H27N3O2S.HI/c1-4-14(2)19-16(17-3)18-11-8-12-22(20,21)13-15-9-6-5-7-10-15;/h5-7,9-10,14H,4,8,11-13H2,1-3H3,(H2,17,18,19);1H. The van der Waals surface area contributed by atoms with Crippen LogP contribution in [0.3, 0.4) is 0 Å². The van der Waals surface area contributed by atoms with Crippen molar-refractivity contribution in [2.24, 2.45) is 4.99 Å². The van der Waals surface area contributed by atoms with E-state index in [9.17, 15) is 8.42 Å². The van der Waals surface area contributed by atoms with Crippen molar-refractivity contribution in [2.75, 3.05) is 19.3 Å². The number of halogens is 1. The zero-order valence-corrected chi connectivity index (χ0v) is 17.2. The van der Waals surface area contributed by atoms with Crippen molar-refractivity contribution >= 4 is 39.8 Å². The third-order valence-electron chi connectivity index (χ3n) is 3.37. The Hall–Kier alpha value is -0.830. The Kier molecular flexibility index (Phi) is 11.2. The van der Waals surface area contributed by atoms with E-state index in [4.69, 9.17) is 0 Å². The van der Waals surface area contributed by atoms with Crippen molar-refractivity contribution in [2.45, 2.75) is 38.5 Å². The smallest absolute Gasteiger partial charge is 0.191 e. The normalized spacial score (nSPS) is 13.1. The lowest BCUT2D eigenvalue weighted by Gasteiger charge is -2.16. The van der Waals surface area contributed by atoms with Crippen molar-refractivity contribution in [3.63, 3.8) is 0 Å². The molecule has 1 rings (SSSR count). The summed E-state index contributed by atoms with van der Waals surface area (Å²) in [7, 11) is -1.36. The number of hydrogen-bond donors (Lipinski definition) is 2. The van der Waals surface area contributed by atoms with Gasteiger partial charge in [-0.3, -0.25) is 4.99 Å². The van der Waals surface area contributed by atoms with Crippen LogP contribution < -0.4 is 10.6 Å². The second kappa shape index (κ2) is 11.7. The third kappa shape index (κ3) is 9.80. The molecule has 0 bridgehead atoms. The zero-order valence-electron chi connectivity index (χ0n) is 14.1. The van der Waals surface area contributed by atoms with Gasteiger partial charge in [-0.05, 0) is 25.3 Å². The summed E-state index contributed by atoms with van der Waals surface area (Å²) in [5.41, 5.74) is 0.838. The van der Waals surface area contributed by atoms with Gasteiger partial charge < -0.3 is 10.6 Å². The van der Waals surface area contributed by atoms with E-state index >= 15 is 0 Å². The summed E-state index contributed by atoms with van der Waals surface area (Å²) in [5.74, 6) is 0.998. The van der Waals surface area contributed by atoms with Crippen molar-refractivity contribution in [3.8, 4) is 0 Å². The third-order valence-corrected chi connectivity index (χ3v) is 5.06. The highest BCUT2D eigenvalue weighted by Crippen LogP contribution is 2.06. The van der Waals surface area contributed by atoms with Crippen LogP contribution in [0.4, 0.5) is 0 Å². The molecule has 0 aromatic heterocycles. The maximum Gasteiger partial charge on any atom is 0.191 e.